The fourth-order valence-electron chi connectivity index (χ4n) is 1.47. The number of nitrogens with one attached hydrogen (secondary N) is 1. The maximum atomic E-state index is 5.71. The Morgan fingerprint density at radius 3 is 2.65 bits per heavy atom. The van der Waals surface area contributed by atoms with Crippen LogP contribution >= 0.6 is 0 Å². The molecule has 0 aromatic heterocycles. The Kier molecular flexibility index (Phi) is 5.76. The second kappa shape index (κ2) is 7.11. The van der Waals surface area contributed by atoms with Gasteiger partial charge >= 0.3 is 0 Å². The van der Waals surface area contributed by atoms with Crippen LogP contribution in [-0.4, -0.2) is 33.4 Å². The first kappa shape index (κ1) is 13.8. The minimum atomic E-state index is -0.0146. The highest BCUT2D eigenvalue weighted by Gasteiger charge is 2.05. The monoisotopic (exact) mass is 239 g/mol. The molecule has 0 heterocycles. The predicted molar refractivity (Wildman–Crippen MR) is 68.3 cm³/mol. The van der Waals surface area contributed by atoms with Crippen LogP contribution in [0.4, 0.5) is 0 Å². The van der Waals surface area contributed by atoms with E-state index in [9.17, 15) is 0 Å². The van der Waals surface area contributed by atoms with Crippen LogP contribution in [0.5, 0.6) is 11.5 Å². The fourth-order valence-corrected chi connectivity index (χ4v) is 1.47. The molecule has 1 aromatic carbocycles. The van der Waals surface area contributed by atoms with E-state index in [1.807, 2.05) is 18.2 Å². The van der Waals surface area contributed by atoms with Gasteiger partial charge in [0.1, 0.15) is 11.5 Å². The first-order valence-electron chi connectivity index (χ1n) is 5.58. The molecule has 0 saturated carbocycles. The average molecular weight is 239 g/mol. The van der Waals surface area contributed by atoms with Gasteiger partial charge in [-0.3, -0.25) is 0 Å². The summed E-state index contributed by atoms with van der Waals surface area (Å²) in [5, 5.41) is 3.24. The first-order chi connectivity index (χ1) is 8.21. The maximum absolute atomic E-state index is 5.71. The quantitative estimate of drug-likeness (QED) is 0.627. The summed E-state index contributed by atoms with van der Waals surface area (Å²) in [7, 11) is 3.27. The van der Waals surface area contributed by atoms with Gasteiger partial charge < -0.3 is 26.3 Å². The summed E-state index contributed by atoms with van der Waals surface area (Å²) in [6.45, 7) is 1.86. The highest BCUT2D eigenvalue weighted by molar-refractivity contribution is 5.40. The third kappa shape index (κ3) is 4.22. The van der Waals surface area contributed by atoms with Crippen molar-refractivity contribution < 1.29 is 9.47 Å². The molecule has 1 atom stereocenters. The van der Waals surface area contributed by atoms with Gasteiger partial charge in [-0.05, 0) is 6.07 Å². The molecule has 1 unspecified atom stereocenters. The van der Waals surface area contributed by atoms with Gasteiger partial charge in [0, 0.05) is 37.3 Å². The molecule has 0 amide bonds. The summed E-state index contributed by atoms with van der Waals surface area (Å²) in [6.07, 6.45) is 0. The summed E-state index contributed by atoms with van der Waals surface area (Å²) in [4.78, 5) is 0. The second-order valence-corrected chi connectivity index (χ2v) is 3.80. The Hall–Kier alpha value is -1.30. The highest BCUT2D eigenvalue weighted by atomic mass is 16.5. The van der Waals surface area contributed by atoms with Crippen LogP contribution in [0.3, 0.4) is 0 Å². The number of rotatable bonds is 7. The van der Waals surface area contributed by atoms with E-state index in [0.717, 1.165) is 17.1 Å². The van der Waals surface area contributed by atoms with Crippen molar-refractivity contribution in [3.05, 3.63) is 23.8 Å². The molecule has 5 heteroatoms. The highest BCUT2D eigenvalue weighted by Crippen LogP contribution is 2.24. The zero-order valence-corrected chi connectivity index (χ0v) is 10.4. The molecule has 1 aromatic rings. The third-order valence-electron chi connectivity index (χ3n) is 2.52. The van der Waals surface area contributed by atoms with Gasteiger partial charge in [-0.2, -0.15) is 0 Å². The zero-order chi connectivity index (χ0) is 12.7. The molecule has 5 N–H and O–H groups in total. The number of hydrogen-bond donors (Lipinski definition) is 3. The van der Waals surface area contributed by atoms with Gasteiger partial charge in [-0.15, -0.1) is 0 Å². The molecule has 5 nitrogen and oxygen atoms in total. The first-order valence-corrected chi connectivity index (χ1v) is 5.58. The Balaban J connectivity index is 2.58. The van der Waals surface area contributed by atoms with Crippen LogP contribution in [0.2, 0.25) is 0 Å². The molecule has 0 fully saturated rings. The topological polar surface area (TPSA) is 82.5 Å². The van der Waals surface area contributed by atoms with Crippen molar-refractivity contribution in [1.29, 1.82) is 0 Å². The van der Waals surface area contributed by atoms with E-state index in [0.29, 0.717) is 19.6 Å². The predicted octanol–water partition coefficient (Wildman–Crippen LogP) is 0.0794. The Bertz CT molecular complexity index is 345. The van der Waals surface area contributed by atoms with E-state index in [2.05, 4.69) is 5.32 Å². The Morgan fingerprint density at radius 2 is 2.06 bits per heavy atom. The number of ether oxygens (including phenoxy) is 2. The molecule has 17 heavy (non-hydrogen) atoms. The van der Waals surface area contributed by atoms with Crippen molar-refractivity contribution in [2.45, 2.75) is 12.6 Å². The van der Waals surface area contributed by atoms with Crippen molar-refractivity contribution in [3.63, 3.8) is 0 Å². The maximum Gasteiger partial charge on any atom is 0.127 e. The van der Waals surface area contributed by atoms with Crippen LogP contribution in [0.1, 0.15) is 5.56 Å². The SMILES string of the molecule is COc1ccc(CNCC(N)CN)c(OC)c1. The summed E-state index contributed by atoms with van der Waals surface area (Å²) >= 11 is 0. The van der Waals surface area contributed by atoms with Crippen molar-refractivity contribution in [3.8, 4) is 11.5 Å². The van der Waals surface area contributed by atoms with Gasteiger partial charge in [0.05, 0.1) is 14.2 Å². The molecule has 1 rings (SSSR count). The van der Waals surface area contributed by atoms with Crippen molar-refractivity contribution in [2.75, 3.05) is 27.3 Å². The zero-order valence-electron chi connectivity index (χ0n) is 10.4. The lowest BCUT2D eigenvalue weighted by Crippen LogP contribution is -2.39. The third-order valence-corrected chi connectivity index (χ3v) is 2.52. The lowest BCUT2D eigenvalue weighted by atomic mass is 10.2. The molecular formula is C12H21N3O2. The molecule has 0 saturated heterocycles. The molecule has 0 bridgehead atoms. The molecule has 0 spiro atoms. The number of hydrogen-bond acceptors (Lipinski definition) is 5. The lowest BCUT2D eigenvalue weighted by Gasteiger charge is -2.13. The summed E-state index contributed by atoms with van der Waals surface area (Å²) in [5.74, 6) is 1.59. The molecular weight excluding hydrogens is 218 g/mol. The van der Waals surface area contributed by atoms with Crippen molar-refractivity contribution in [1.82, 2.24) is 5.32 Å². The summed E-state index contributed by atoms with van der Waals surface area (Å²) < 4.78 is 10.4. The second-order valence-electron chi connectivity index (χ2n) is 3.80. The molecule has 0 radical (unpaired) electrons. The van der Waals surface area contributed by atoms with Gasteiger partial charge in [0.25, 0.3) is 0 Å². The minimum Gasteiger partial charge on any atom is -0.497 e. The summed E-state index contributed by atoms with van der Waals surface area (Å²) in [6, 6.07) is 5.72. The standard InChI is InChI=1S/C12H21N3O2/c1-16-11-4-3-9(12(5-11)17-2)7-15-8-10(14)6-13/h3-5,10,15H,6-8,13-14H2,1-2H3. The van der Waals surface area contributed by atoms with Gasteiger partial charge in [-0.25, -0.2) is 0 Å². The Morgan fingerprint density at radius 1 is 1.29 bits per heavy atom. The number of nitrogens with two attached hydrogens (primary N) is 2. The average Bonchev–Trinajstić information content (AvgIpc) is 2.38. The molecule has 0 aliphatic rings. The van der Waals surface area contributed by atoms with Gasteiger partial charge in [0.15, 0.2) is 0 Å². The smallest absolute Gasteiger partial charge is 0.127 e. The van der Waals surface area contributed by atoms with Crippen LogP contribution in [0, 0.1) is 0 Å². The summed E-state index contributed by atoms with van der Waals surface area (Å²) in [5.41, 5.74) is 12.2. The largest absolute Gasteiger partial charge is 0.497 e. The van der Waals surface area contributed by atoms with Crippen LogP contribution < -0.4 is 26.3 Å². The van der Waals surface area contributed by atoms with Crippen LogP contribution in [-0.2, 0) is 6.54 Å². The lowest BCUT2D eigenvalue weighted by molar-refractivity contribution is 0.389. The minimum absolute atomic E-state index is 0.0146. The van der Waals surface area contributed by atoms with E-state index in [1.54, 1.807) is 14.2 Å². The molecule has 96 valence electrons. The molecule has 0 aliphatic carbocycles. The molecule has 0 aliphatic heterocycles. The van der Waals surface area contributed by atoms with Crippen molar-refractivity contribution in [2.24, 2.45) is 11.5 Å². The van der Waals surface area contributed by atoms with Gasteiger partial charge in [0.2, 0.25) is 0 Å². The van der Waals surface area contributed by atoms with Crippen molar-refractivity contribution >= 4 is 0 Å². The van der Waals surface area contributed by atoms with Crippen LogP contribution in [0.25, 0.3) is 0 Å². The van der Waals surface area contributed by atoms with Crippen LogP contribution in [0.15, 0.2) is 18.2 Å². The van der Waals surface area contributed by atoms with E-state index >= 15 is 0 Å². The normalized spacial score (nSPS) is 12.2. The number of benzene rings is 1. The van der Waals surface area contributed by atoms with Gasteiger partial charge in [-0.1, -0.05) is 6.07 Å². The Labute approximate surface area is 102 Å². The van der Waals surface area contributed by atoms with E-state index < -0.39 is 0 Å². The van der Waals surface area contributed by atoms with E-state index in [4.69, 9.17) is 20.9 Å². The van der Waals surface area contributed by atoms with E-state index in [-0.39, 0.29) is 6.04 Å². The van der Waals surface area contributed by atoms with E-state index in [1.165, 1.54) is 0 Å². The fraction of sp³-hybridized carbons (Fsp3) is 0.500. The number of methoxy groups -OCH3 is 2.